The van der Waals surface area contributed by atoms with Crippen LogP contribution in [0.4, 0.5) is 19.1 Å². The molecule has 0 fully saturated rings. The maximum Gasteiger partial charge on any atom is 0.433 e. The van der Waals surface area contributed by atoms with Crippen molar-refractivity contribution in [3.63, 3.8) is 0 Å². The molecular weight excluding hydrogens is 504 g/mol. The van der Waals surface area contributed by atoms with Gasteiger partial charge in [0.15, 0.2) is 5.96 Å². The van der Waals surface area contributed by atoms with Crippen LogP contribution in [-0.2, 0) is 15.7 Å². The first-order valence-corrected chi connectivity index (χ1v) is 9.21. The average molecular weight is 534 g/mol. The largest absolute Gasteiger partial charge is 0.433 e. The van der Waals surface area contributed by atoms with Gasteiger partial charge in [0.1, 0.15) is 5.69 Å². The van der Waals surface area contributed by atoms with Crippen molar-refractivity contribution >= 4 is 35.9 Å². The van der Waals surface area contributed by atoms with Gasteiger partial charge in [0, 0.05) is 39.5 Å². The molecule has 0 aliphatic carbocycles. The number of nitrogens with zero attached hydrogens (tertiary/aromatic N) is 3. The van der Waals surface area contributed by atoms with E-state index in [-0.39, 0.29) is 29.9 Å². The minimum Gasteiger partial charge on any atom is -0.379 e. The van der Waals surface area contributed by atoms with Crippen LogP contribution in [0.25, 0.3) is 0 Å². The van der Waals surface area contributed by atoms with E-state index in [0.717, 1.165) is 31.7 Å². The fourth-order valence-electron chi connectivity index (χ4n) is 1.99. The van der Waals surface area contributed by atoms with Crippen LogP contribution in [-0.4, -0.2) is 69.0 Å². The monoisotopic (exact) mass is 534 g/mol. The molecule has 12 heteroatoms. The van der Waals surface area contributed by atoms with E-state index >= 15 is 0 Å². The molecule has 168 valence electrons. The SMILES string of the molecule is CCCCOCCOCCNC(=NC)NCCNc1nccc(C(F)(F)F)n1.I. The summed E-state index contributed by atoms with van der Waals surface area (Å²) in [4.78, 5) is 11.3. The molecule has 1 rings (SSSR count). The van der Waals surface area contributed by atoms with Crippen LogP contribution in [0.15, 0.2) is 17.3 Å². The highest BCUT2D eigenvalue weighted by molar-refractivity contribution is 14.0. The van der Waals surface area contributed by atoms with Crippen molar-refractivity contribution in [3.8, 4) is 0 Å². The molecule has 0 saturated carbocycles. The Morgan fingerprint density at radius 2 is 1.76 bits per heavy atom. The maximum atomic E-state index is 12.6. The van der Waals surface area contributed by atoms with Crippen molar-refractivity contribution in [2.45, 2.75) is 25.9 Å². The zero-order valence-electron chi connectivity index (χ0n) is 16.7. The molecule has 0 unspecified atom stereocenters. The number of aliphatic imine (C=N–C) groups is 1. The molecule has 0 spiro atoms. The third-order valence-corrected chi connectivity index (χ3v) is 3.42. The van der Waals surface area contributed by atoms with Crippen LogP contribution >= 0.6 is 24.0 Å². The van der Waals surface area contributed by atoms with Gasteiger partial charge < -0.3 is 25.4 Å². The maximum absolute atomic E-state index is 12.6. The number of hydrogen-bond donors (Lipinski definition) is 3. The minimum atomic E-state index is -4.49. The summed E-state index contributed by atoms with van der Waals surface area (Å²) in [6.45, 7) is 5.82. The molecule has 1 aromatic rings. The van der Waals surface area contributed by atoms with Gasteiger partial charge in [-0.05, 0) is 12.5 Å². The van der Waals surface area contributed by atoms with E-state index in [0.29, 0.717) is 45.4 Å². The number of alkyl halides is 3. The van der Waals surface area contributed by atoms with Gasteiger partial charge in [-0.1, -0.05) is 13.3 Å². The average Bonchev–Trinajstić information content (AvgIpc) is 2.68. The third-order valence-electron chi connectivity index (χ3n) is 3.42. The van der Waals surface area contributed by atoms with Crippen LogP contribution in [0, 0.1) is 0 Å². The number of guanidine groups is 1. The van der Waals surface area contributed by atoms with Crippen molar-refractivity contribution in [1.82, 2.24) is 20.6 Å². The van der Waals surface area contributed by atoms with Crippen molar-refractivity contribution in [1.29, 1.82) is 0 Å². The van der Waals surface area contributed by atoms with E-state index in [1.54, 1.807) is 7.05 Å². The van der Waals surface area contributed by atoms with Crippen LogP contribution in [0.5, 0.6) is 0 Å². The van der Waals surface area contributed by atoms with E-state index < -0.39 is 11.9 Å². The third kappa shape index (κ3) is 13.4. The first-order chi connectivity index (χ1) is 13.5. The van der Waals surface area contributed by atoms with Gasteiger partial charge in [-0.2, -0.15) is 13.2 Å². The molecule has 29 heavy (non-hydrogen) atoms. The molecule has 0 aromatic carbocycles. The van der Waals surface area contributed by atoms with E-state index in [9.17, 15) is 13.2 Å². The number of nitrogens with one attached hydrogen (secondary N) is 3. The first kappa shape index (κ1) is 27.6. The van der Waals surface area contributed by atoms with Gasteiger partial charge in [-0.15, -0.1) is 24.0 Å². The van der Waals surface area contributed by atoms with Gasteiger partial charge >= 0.3 is 6.18 Å². The van der Waals surface area contributed by atoms with Crippen molar-refractivity contribution in [2.24, 2.45) is 4.99 Å². The molecule has 0 atom stereocenters. The molecular formula is C17H30F3IN6O2. The zero-order chi connectivity index (χ0) is 20.7. The van der Waals surface area contributed by atoms with E-state index in [4.69, 9.17) is 9.47 Å². The standard InChI is InChI=1S/C17H29F3N6O2.HI/c1-3-4-10-27-12-13-28-11-9-25-15(21-2)23-7-8-24-16-22-6-5-14(26-16)17(18,19)20;/h5-6H,3-4,7-13H2,1-2H3,(H2,21,23,25)(H,22,24,26);1H. The predicted octanol–water partition coefficient (Wildman–Crippen LogP) is 2.52. The summed E-state index contributed by atoms with van der Waals surface area (Å²) >= 11 is 0. The number of rotatable bonds is 13. The molecule has 0 aliphatic rings. The molecule has 0 amide bonds. The summed E-state index contributed by atoms with van der Waals surface area (Å²) in [5.41, 5.74) is -0.980. The van der Waals surface area contributed by atoms with Gasteiger partial charge in [0.25, 0.3) is 0 Å². The molecule has 1 aromatic heterocycles. The van der Waals surface area contributed by atoms with Gasteiger partial charge in [-0.25, -0.2) is 9.97 Å². The topological polar surface area (TPSA) is 92.7 Å². The highest BCUT2D eigenvalue weighted by Gasteiger charge is 2.32. The lowest BCUT2D eigenvalue weighted by atomic mass is 10.4. The quantitative estimate of drug-likeness (QED) is 0.155. The van der Waals surface area contributed by atoms with Gasteiger partial charge in [-0.3, -0.25) is 4.99 Å². The summed E-state index contributed by atoms with van der Waals surface area (Å²) in [7, 11) is 1.63. The van der Waals surface area contributed by atoms with E-state index in [2.05, 4.69) is 37.8 Å². The lowest BCUT2D eigenvalue weighted by Gasteiger charge is -2.13. The fourth-order valence-corrected chi connectivity index (χ4v) is 1.99. The van der Waals surface area contributed by atoms with Gasteiger partial charge in [0.2, 0.25) is 5.95 Å². The molecule has 0 radical (unpaired) electrons. The number of aromatic nitrogens is 2. The van der Waals surface area contributed by atoms with Crippen molar-refractivity contribution < 1.29 is 22.6 Å². The second-order valence-electron chi connectivity index (χ2n) is 5.69. The van der Waals surface area contributed by atoms with Crippen LogP contribution < -0.4 is 16.0 Å². The number of halogens is 4. The first-order valence-electron chi connectivity index (χ1n) is 9.21. The Hall–Kier alpha value is -1.41. The summed E-state index contributed by atoms with van der Waals surface area (Å²) in [5, 5.41) is 8.84. The number of anilines is 1. The molecule has 3 N–H and O–H groups in total. The number of unbranched alkanes of at least 4 members (excludes halogenated alkanes) is 1. The number of hydrogen-bond acceptors (Lipinski definition) is 6. The van der Waals surface area contributed by atoms with Crippen LogP contribution in [0.3, 0.4) is 0 Å². The molecule has 0 bridgehead atoms. The Kier molecular flexibility index (Phi) is 15.6. The highest BCUT2D eigenvalue weighted by atomic mass is 127. The summed E-state index contributed by atoms with van der Waals surface area (Å²) in [6, 6.07) is 0.828. The molecule has 0 saturated heterocycles. The normalized spacial score (nSPS) is 11.7. The zero-order valence-corrected chi connectivity index (χ0v) is 19.0. The lowest BCUT2D eigenvalue weighted by Crippen LogP contribution is -2.41. The van der Waals surface area contributed by atoms with Gasteiger partial charge in [0.05, 0.1) is 19.8 Å². The van der Waals surface area contributed by atoms with E-state index in [1.165, 1.54) is 0 Å². The van der Waals surface area contributed by atoms with Crippen LogP contribution in [0.2, 0.25) is 0 Å². The molecule has 8 nitrogen and oxygen atoms in total. The molecule has 1 heterocycles. The predicted molar refractivity (Wildman–Crippen MR) is 117 cm³/mol. The second-order valence-corrected chi connectivity index (χ2v) is 5.69. The number of ether oxygens (including phenoxy) is 2. The minimum absolute atomic E-state index is 0. The Morgan fingerprint density at radius 1 is 1.07 bits per heavy atom. The summed E-state index contributed by atoms with van der Waals surface area (Å²) in [5.74, 6) is 0.490. The smallest absolute Gasteiger partial charge is 0.379 e. The Morgan fingerprint density at radius 3 is 2.41 bits per heavy atom. The van der Waals surface area contributed by atoms with Crippen LogP contribution in [0.1, 0.15) is 25.5 Å². The Bertz CT molecular complexity index is 578. The lowest BCUT2D eigenvalue weighted by molar-refractivity contribution is -0.141. The molecule has 0 aliphatic heterocycles. The Labute approximate surface area is 186 Å². The van der Waals surface area contributed by atoms with Crippen molar-refractivity contribution in [3.05, 3.63) is 18.0 Å². The summed E-state index contributed by atoms with van der Waals surface area (Å²) in [6.07, 6.45) is -1.26. The summed E-state index contributed by atoms with van der Waals surface area (Å²) < 4.78 is 48.6. The Balaban J connectivity index is 0.00000784. The van der Waals surface area contributed by atoms with Crippen molar-refractivity contribution in [2.75, 3.05) is 58.4 Å². The second kappa shape index (κ2) is 16.4. The fraction of sp³-hybridized carbons (Fsp3) is 0.706. The van der Waals surface area contributed by atoms with E-state index in [1.807, 2.05) is 0 Å². The highest BCUT2D eigenvalue weighted by Crippen LogP contribution is 2.27.